The predicted octanol–water partition coefficient (Wildman–Crippen LogP) is 1.66. The van der Waals surface area contributed by atoms with Crippen LogP contribution in [0.1, 0.15) is 45.4 Å². The molecule has 0 unspecified atom stereocenters. The average molecular weight is 269 g/mol. The molecule has 1 N–H and O–H groups in total. The van der Waals surface area contributed by atoms with Crippen molar-refractivity contribution in [3.63, 3.8) is 0 Å². The first kappa shape index (κ1) is 14.3. The van der Waals surface area contributed by atoms with Gasteiger partial charge in [0.25, 0.3) is 0 Å². The minimum absolute atomic E-state index is 0.0147. The van der Waals surface area contributed by atoms with E-state index in [9.17, 15) is 14.7 Å². The molecular weight excluding hydrogens is 246 g/mol. The number of likely N-dealkylation sites (tertiary alicyclic amines) is 1. The van der Waals surface area contributed by atoms with E-state index in [-0.39, 0.29) is 18.6 Å². The first-order valence-corrected chi connectivity index (χ1v) is 7.26. The maximum absolute atomic E-state index is 12.2. The number of hydrogen-bond acceptors (Lipinski definition) is 3. The summed E-state index contributed by atoms with van der Waals surface area (Å²) in [6, 6.07) is -0.529. The smallest absolute Gasteiger partial charge is 0.326 e. The van der Waals surface area contributed by atoms with Gasteiger partial charge < -0.3 is 14.7 Å². The zero-order valence-electron chi connectivity index (χ0n) is 11.5. The van der Waals surface area contributed by atoms with Gasteiger partial charge in [0.05, 0.1) is 0 Å². The number of amides is 1. The monoisotopic (exact) mass is 269 g/mol. The molecule has 0 radical (unpaired) electrons. The number of aliphatic carboxylic acids is 1. The third-order valence-corrected chi connectivity index (χ3v) is 4.24. The highest BCUT2D eigenvalue weighted by Gasteiger charge is 2.47. The van der Waals surface area contributed by atoms with Gasteiger partial charge in [-0.05, 0) is 31.6 Å². The van der Waals surface area contributed by atoms with Crippen molar-refractivity contribution in [1.29, 1.82) is 0 Å². The predicted molar refractivity (Wildman–Crippen MR) is 69.7 cm³/mol. The van der Waals surface area contributed by atoms with E-state index in [0.717, 1.165) is 32.1 Å². The second kappa shape index (κ2) is 6.37. The van der Waals surface area contributed by atoms with Crippen molar-refractivity contribution in [2.45, 2.75) is 57.5 Å². The largest absolute Gasteiger partial charge is 0.480 e. The van der Waals surface area contributed by atoms with Crippen LogP contribution in [0.3, 0.4) is 0 Å². The van der Waals surface area contributed by atoms with Crippen LogP contribution in [0.15, 0.2) is 0 Å². The van der Waals surface area contributed by atoms with Crippen LogP contribution in [0.2, 0.25) is 0 Å². The zero-order valence-corrected chi connectivity index (χ0v) is 11.5. The summed E-state index contributed by atoms with van der Waals surface area (Å²) in [6.07, 6.45) is 5.71. The van der Waals surface area contributed by atoms with Gasteiger partial charge in [0.1, 0.15) is 12.6 Å². The lowest BCUT2D eigenvalue weighted by Gasteiger charge is -2.32. The number of nitrogens with zero attached hydrogens (tertiary/aromatic N) is 1. The molecule has 1 aliphatic heterocycles. The second-order valence-corrected chi connectivity index (χ2v) is 5.56. The Morgan fingerprint density at radius 2 is 2.05 bits per heavy atom. The third kappa shape index (κ3) is 3.08. The van der Waals surface area contributed by atoms with E-state index in [1.54, 1.807) is 4.90 Å². The van der Waals surface area contributed by atoms with Crippen LogP contribution in [0.25, 0.3) is 0 Å². The van der Waals surface area contributed by atoms with Gasteiger partial charge in [-0.2, -0.15) is 0 Å². The molecule has 5 heteroatoms. The Kier molecular flexibility index (Phi) is 4.80. The fourth-order valence-electron chi connectivity index (χ4n) is 3.42. The van der Waals surface area contributed by atoms with Gasteiger partial charge in [-0.3, -0.25) is 4.79 Å². The number of hydrogen-bond donors (Lipinski definition) is 1. The molecule has 1 amide bonds. The van der Waals surface area contributed by atoms with E-state index in [2.05, 4.69) is 0 Å². The van der Waals surface area contributed by atoms with E-state index >= 15 is 0 Å². The van der Waals surface area contributed by atoms with Gasteiger partial charge >= 0.3 is 5.97 Å². The molecule has 0 bridgehead atoms. The number of carboxylic acid groups (broad SMARTS) is 1. The molecular formula is C14H23NO4. The van der Waals surface area contributed by atoms with Crippen molar-refractivity contribution in [3.8, 4) is 0 Å². The fraction of sp³-hybridized carbons (Fsp3) is 0.857. The van der Waals surface area contributed by atoms with Crippen molar-refractivity contribution >= 4 is 11.9 Å². The van der Waals surface area contributed by atoms with E-state index in [1.165, 1.54) is 0 Å². The van der Waals surface area contributed by atoms with Gasteiger partial charge in [0, 0.05) is 12.6 Å². The lowest BCUT2D eigenvalue weighted by Crippen LogP contribution is -2.47. The average Bonchev–Trinajstić information content (AvgIpc) is 2.78. The number of ether oxygens (including phenoxy) is 1. The van der Waals surface area contributed by atoms with E-state index in [4.69, 9.17) is 4.74 Å². The van der Waals surface area contributed by atoms with E-state index < -0.39 is 12.0 Å². The van der Waals surface area contributed by atoms with Gasteiger partial charge in [0.2, 0.25) is 5.91 Å². The molecule has 1 heterocycles. The molecule has 1 saturated carbocycles. The molecule has 1 aliphatic carbocycles. The van der Waals surface area contributed by atoms with Crippen LogP contribution >= 0.6 is 0 Å². The van der Waals surface area contributed by atoms with E-state index in [1.807, 2.05) is 6.92 Å². The summed E-state index contributed by atoms with van der Waals surface area (Å²) in [4.78, 5) is 25.2. The molecule has 108 valence electrons. The van der Waals surface area contributed by atoms with Crippen LogP contribution in [-0.2, 0) is 14.3 Å². The quantitative estimate of drug-likeness (QED) is 0.771. The normalized spacial score (nSPS) is 30.2. The van der Waals surface area contributed by atoms with E-state index in [0.29, 0.717) is 18.9 Å². The molecule has 2 aliphatic rings. The number of carbonyl (C=O) groups is 2. The Balaban J connectivity index is 2.04. The van der Waals surface area contributed by atoms with Crippen LogP contribution in [0, 0.1) is 5.92 Å². The molecule has 0 aromatic carbocycles. The Morgan fingerprint density at radius 1 is 1.32 bits per heavy atom. The van der Waals surface area contributed by atoms with Gasteiger partial charge in [0.15, 0.2) is 0 Å². The molecule has 2 rings (SSSR count). The SMILES string of the molecule is CCCOCC(=O)N1[C@H](C(=O)O)C[C@@H]2CCCC[C@@H]21. The van der Waals surface area contributed by atoms with Crippen molar-refractivity contribution in [3.05, 3.63) is 0 Å². The minimum atomic E-state index is -0.877. The third-order valence-electron chi connectivity index (χ3n) is 4.24. The van der Waals surface area contributed by atoms with Crippen molar-refractivity contribution in [2.24, 2.45) is 5.92 Å². The molecule has 5 nitrogen and oxygen atoms in total. The molecule has 0 aromatic heterocycles. The molecule has 0 spiro atoms. The summed E-state index contributed by atoms with van der Waals surface area (Å²) in [6.45, 7) is 2.55. The Bertz CT molecular complexity index is 344. The summed E-state index contributed by atoms with van der Waals surface area (Å²) in [5.74, 6) is -0.668. The van der Waals surface area contributed by atoms with Crippen LogP contribution in [-0.4, -0.2) is 47.2 Å². The summed E-state index contributed by atoms with van der Waals surface area (Å²) < 4.78 is 5.28. The maximum atomic E-state index is 12.2. The zero-order chi connectivity index (χ0) is 13.8. The lowest BCUT2D eigenvalue weighted by atomic mass is 9.85. The number of fused-ring (bicyclic) bond motifs is 1. The summed E-state index contributed by atoms with van der Waals surface area (Å²) in [7, 11) is 0. The number of carbonyl (C=O) groups excluding carboxylic acids is 1. The maximum Gasteiger partial charge on any atom is 0.326 e. The Hall–Kier alpha value is -1.10. The van der Waals surface area contributed by atoms with Crippen LogP contribution in [0.4, 0.5) is 0 Å². The second-order valence-electron chi connectivity index (χ2n) is 5.56. The molecule has 2 fully saturated rings. The Morgan fingerprint density at radius 3 is 2.74 bits per heavy atom. The fourth-order valence-corrected chi connectivity index (χ4v) is 3.42. The topological polar surface area (TPSA) is 66.8 Å². The van der Waals surface area contributed by atoms with Gasteiger partial charge in [-0.1, -0.05) is 19.8 Å². The van der Waals surface area contributed by atoms with Gasteiger partial charge in [-0.15, -0.1) is 0 Å². The highest BCUT2D eigenvalue weighted by molar-refractivity contribution is 5.85. The van der Waals surface area contributed by atoms with Crippen molar-refractivity contribution in [1.82, 2.24) is 4.90 Å². The molecule has 0 aromatic rings. The summed E-state index contributed by atoms with van der Waals surface area (Å²) in [5.41, 5.74) is 0. The minimum Gasteiger partial charge on any atom is -0.480 e. The first-order valence-electron chi connectivity index (χ1n) is 7.26. The first-order chi connectivity index (χ1) is 9.15. The standard InChI is InChI=1S/C14H23NO4/c1-2-7-19-9-13(16)15-11-6-4-3-5-10(11)8-12(15)14(17)18/h10-12H,2-9H2,1H3,(H,17,18)/t10-,11-,12-/m0/s1. The van der Waals surface area contributed by atoms with Crippen LogP contribution in [0.5, 0.6) is 0 Å². The summed E-state index contributed by atoms with van der Waals surface area (Å²) in [5, 5.41) is 9.32. The van der Waals surface area contributed by atoms with Gasteiger partial charge in [-0.25, -0.2) is 4.79 Å². The highest BCUT2D eigenvalue weighted by Crippen LogP contribution is 2.39. The van der Waals surface area contributed by atoms with Crippen molar-refractivity contribution < 1.29 is 19.4 Å². The van der Waals surface area contributed by atoms with Crippen molar-refractivity contribution in [2.75, 3.05) is 13.2 Å². The molecule has 1 saturated heterocycles. The molecule has 19 heavy (non-hydrogen) atoms. The Labute approximate surface area is 113 Å². The number of rotatable bonds is 5. The number of carboxylic acids is 1. The molecule has 3 atom stereocenters. The highest BCUT2D eigenvalue weighted by atomic mass is 16.5. The summed E-state index contributed by atoms with van der Waals surface area (Å²) >= 11 is 0. The lowest BCUT2D eigenvalue weighted by molar-refractivity contribution is -0.152. The van der Waals surface area contributed by atoms with Crippen LogP contribution < -0.4 is 0 Å².